The van der Waals surface area contributed by atoms with Gasteiger partial charge in [-0.3, -0.25) is 0 Å². The average Bonchev–Trinajstić information content (AvgIpc) is 2.37. The second kappa shape index (κ2) is 5.00. The molecule has 2 aromatic rings. The van der Waals surface area contributed by atoms with Crippen LogP contribution in [0.25, 0.3) is 11.3 Å². The molecule has 0 amide bonds. The molecule has 0 radical (unpaired) electrons. The van der Waals surface area contributed by atoms with Crippen LogP contribution in [0.2, 0.25) is 0 Å². The van der Waals surface area contributed by atoms with Gasteiger partial charge in [0, 0.05) is 18.7 Å². The summed E-state index contributed by atoms with van der Waals surface area (Å²) < 4.78 is 0. The molecular weight excluding hydrogens is 234 g/mol. The average molecular weight is 253 g/mol. The number of anilines is 1. The fraction of sp³-hybridized carbons (Fsp3) is 0.375. The molecule has 1 aromatic heterocycles. The maximum Gasteiger partial charge on any atom is 0.130 e. The number of aryl methyl sites for hydroxylation is 1. The van der Waals surface area contributed by atoms with Crippen molar-refractivity contribution in [3.63, 3.8) is 0 Å². The Balaban J connectivity index is 1.90. The first-order valence-electron chi connectivity index (χ1n) is 6.90. The van der Waals surface area contributed by atoms with Crippen LogP contribution in [-0.2, 0) is 0 Å². The van der Waals surface area contributed by atoms with Gasteiger partial charge in [0.25, 0.3) is 0 Å². The molecule has 0 aliphatic heterocycles. The Morgan fingerprint density at radius 1 is 1.11 bits per heavy atom. The quantitative estimate of drug-likeness (QED) is 0.905. The van der Waals surface area contributed by atoms with Gasteiger partial charge in [0.2, 0.25) is 0 Å². The Bertz CT molecular complexity index is 571. The molecule has 1 saturated carbocycles. The van der Waals surface area contributed by atoms with Gasteiger partial charge in [-0.25, -0.2) is 9.97 Å². The summed E-state index contributed by atoms with van der Waals surface area (Å²) in [6, 6.07) is 10.8. The topological polar surface area (TPSA) is 37.8 Å². The maximum atomic E-state index is 4.51. The smallest absolute Gasteiger partial charge is 0.130 e. The Kier molecular flexibility index (Phi) is 3.20. The molecule has 19 heavy (non-hydrogen) atoms. The molecule has 1 aliphatic rings. The summed E-state index contributed by atoms with van der Waals surface area (Å²) in [5.41, 5.74) is 3.61. The highest BCUT2D eigenvalue weighted by molar-refractivity contribution is 5.62. The number of hydrogen-bond donors (Lipinski definition) is 1. The lowest BCUT2D eigenvalue weighted by molar-refractivity contribution is 0.420. The predicted molar refractivity (Wildman–Crippen MR) is 78.3 cm³/mol. The zero-order valence-corrected chi connectivity index (χ0v) is 11.5. The van der Waals surface area contributed by atoms with Crippen LogP contribution in [-0.4, -0.2) is 17.0 Å². The van der Waals surface area contributed by atoms with Crippen molar-refractivity contribution < 1.29 is 0 Å². The van der Waals surface area contributed by atoms with E-state index in [-0.39, 0.29) is 0 Å². The van der Waals surface area contributed by atoms with Crippen molar-refractivity contribution in [2.24, 2.45) is 0 Å². The summed E-state index contributed by atoms with van der Waals surface area (Å²) in [6.45, 7) is 1.92. The van der Waals surface area contributed by atoms with E-state index in [0.717, 1.165) is 28.8 Å². The van der Waals surface area contributed by atoms with Crippen LogP contribution in [0.15, 0.2) is 30.3 Å². The SMILES string of the molecule is CNc1cc(-c2ccc(C3CCC3)cc2)nc(C)n1. The number of aromatic nitrogens is 2. The van der Waals surface area contributed by atoms with Crippen molar-refractivity contribution >= 4 is 5.82 Å². The normalized spacial score (nSPS) is 15.1. The van der Waals surface area contributed by atoms with E-state index in [0.29, 0.717) is 0 Å². The molecule has 0 bridgehead atoms. The van der Waals surface area contributed by atoms with Crippen LogP contribution in [0.4, 0.5) is 5.82 Å². The summed E-state index contributed by atoms with van der Waals surface area (Å²) in [6.07, 6.45) is 4.06. The van der Waals surface area contributed by atoms with Crippen molar-refractivity contribution in [1.82, 2.24) is 9.97 Å². The lowest BCUT2D eigenvalue weighted by atomic mass is 9.80. The lowest BCUT2D eigenvalue weighted by Gasteiger charge is -2.25. The van der Waals surface area contributed by atoms with Crippen LogP contribution >= 0.6 is 0 Å². The molecule has 0 spiro atoms. The molecule has 0 atom stereocenters. The standard InChI is InChI=1S/C16H19N3/c1-11-18-15(10-16(17-2)19-11)14-8-6-13(7-9-14)12-4-3-5-12/h6-10,12H,3-5H2,1-2H3,(H,17,18,19). The van der Waals surface area contributed by atoms with E-state index in [2.05, 4.69) is 39.6 Å². The molecule has 3 nitrogen and oxygen atoms in total. The largest absolute Gasteiger partial charge is 0.373 e. The Morgan fingerprint density at radius 2 is 1.84 bits per heavy atom. The van der Waals surface area contributed by atoms with Crippen LogP contribution in [0.1, 0.15) is 36.6 Å². The first-order chi connectivity index (χ1) is 9.26. The number of rotatable bonds is 3. The second-order valence-corrected chi connectivity index (χ2v) is 5.19. The van der Waals surface area contributed by atoms with E-state index in [9.17, 15) is 0 Å². The van der Waals surface area contributed by atoms with Crippen molar-refractivity contribution in [1.29, 1.82) is 0 Å². The molecule has 1 fully saturated rings. The Hall–Kier alpha value is -1.90. The third-order valence-corrected chi connectivity index (χ3v) is 3.88. The summed E-state index contributed by atoms with van der Waals surface area (Å²) in [4.78, 5) is 8.83. The first kappa shape index (κ1) is 12.2. The van der Waals surface area contributed by atoms with Gasteiger partial charge in [-0.1, -0.05) is 30.7 Å². The first-order valence-corrected chi connectivity index (χ1v) is 6.90. The van der Waals surface area contributed by atoms with Crippen LogP contribution in [0.3, 0.4) is 0 Å². The third-order valence-electron chi connectivity index (χ3n) is 3.88. The van der Waals surface area contributed by atoms with Gasteiger partial charge in [-0.15, -0.1) is 0 Å². The van der Waals surface area contributed by atoms with Crippen molar-refractivity contribution in [2.75, 3.05) is 12.4 Å². The van der Waals surface area contributed by atoms with E-state index < -0.39 is 0 Å². The minimum atomic E-state index is 0.786. The van der Waals surface area contributed by atoms with Gasteiger partial charge in [-0.05, 0) is 31.2 Å². The molecule has 0 unspecified atom stereocenters. The molecule has 1 N–H and O–H groups in total. The van der Waals surface area contributed by atoms with E-state index in [1.165, 1.54) is 24.8 Å². The molecule has 98 valence electrons. The molecule has 3 heteroatoms. The highest BCUT2D eigenvalue weighted by atomic mass is 15.0. The van der Waals surface area contributed by atoms with Crippen LogP contribution in [0, 0.1) is 6.92 Å². The highest BCUT2D eigenvalue weighted by Gasteiger charge is 2.19. The fourth-order valence-electron chi connectivity index (χ4n) is 2.51. The van der Waals surface area contributed by atoms with Gasteiger partial charge in [0.05, 0.1) is 5.69 Å². The number of nitrogens with one attached hydrogen (secondary N) is 1. The zero-order valence-electron chi connectivity index (χ0n) is 11.5. The van der Waals surface area contributed by atoms with Gasteiger partial charge in [0.15, 0.2) is 0 Å². The summed E-state index contributed by atoms with van der Waals surface area (Å²) in [7, 11) is 1.88. The molecule has 0 saturated heterocycles. The lowest BCUT2D eigenvalue weighted by Crippen LogP contribution is -2.08. The summed E-state index contributed by atoms with van der Waals surface area (Å²) in [5.74, 6) is 2.45. The van der Waals surface area contributed by atoms with E-state index in [1.807, 2.05) is 20.0 Å². The fourth-order valence-corrected chi connectivity index (χ4v) is 2.51. The molecule has 1 aromatic carbocycles. The van der Waals surface area contributed by atoms with Crippen LogP contribution < -0.4 is 5.32 Å². The zero-order chi connectivity index (χ0) is 13.2. The Labute approximate surface area is 114 Å². The number of hydrogen-bond acceptors (Lipinski definition) is 3. The van der Waals surface area contributed by atoms with E-state index >= 15 is 0 Å². The van der Waals surface area contributed by atoms with E-state index in [4.69, 9.17) is 0 Å². The molecule has 3 rings (SSSR count). The number of benzene rings is 1. The van der Waals surface area contributed by atoms with Gasteiger partial charge in [-0.2, -0.15) is 0 Å². The Morgan fingerprint density at radius 3 is 2.42 bits per heavy atom. The second-order valence-electron chi connectivity index (χ2n) is 5.19. The summed E-state index contributed by atoms with van der Waals surface area (Å²) in [5, 5.41) is 3.07. The predicted octanol–water partition coefficient (Wildman–Crippen LogP) is 3.76. The minimum Gasteiger partial charge on any atom is -0.373 e. The van der Waals surface area contributed by atoms with Crippen LogP contribution in [0.5, 0.6) is 0 Å². The van der Waals surface area contributed by atoms with Crippen molar-refractivity contribution in [3.8, 4) is 11.3 Å². The molecule has 1 heterocycles. The van der Waals surface area contributed by atoms with Gasteiger partial charge in [0.1, 0.15) is 11.6 Å². The monoisotopic (exact) mass is 253 g/mol. The number of nitrogens with zero attached hydrogens (tertiary/aromatic N) is 2. The molecular formula is C16H19N3. The van der Waals surface area contributed by atoms with Gasteiger partial charge >= 0.3 is 0 Å². The van der Waals surface area contributed by atoms with Crippen molar-refractivity contribution in [3.05, 3.63) is 41.7 Å². The summed E-state index contributed by atoms with van der Waals surface area (Å²) >= 11 is 0. The maximum absolute atomic E-state index is 4.51. The van der Waals surface area contributed by atoms with E-state index in [1.54, 1.807) is 0 Å². The highest BCUT2D eigenvalue weighted by Crippen LogP contribution is 2.36. The van der Waals surface area contributed by atoms with Gasteiger partial charge < -0.3 is 5.32 Å². The third kappa shape index (κ3) is 2.46. The minimum absolute atomic E-state index is 0.786. The van der Waals surface area contributed by atoms with Crippen molar-refractivity contribution in [2.45, 2.75) is 32.1 Å². The molecule has 1 aliphatic carbocycles.